The van der Waals surface area contributed by atoms with E-state index in [2.05, 4.69) is 26.6 Å². The second kappa shape index (κ2) is 6.76. The summed E-state index contributed by atoms with van der Waals surface area (Å²) in [5.74, 6) is 0.394. The van der Waals surface area contributed by atoms with E-state index in [1.807, 2.05) is 4.90 Å². The molecule has 0 aliphatic carbocycles. The van der Waals surface area contributed by atoms with Gasteiger partial charge in [0, 0.05) is 0 Å². The zero-order valence-corrected chi connectivity index (χ0v) is 13.2. The Hall–Kier alpha value is -2.44. The number of nitrogens with zero attached hydrogens (tertiary/aromatic N) is 3. The fourth-order valence-corrected chi connectivity index (χ4v) is 3.53. The van der Waals surface area contributed by atoms with Crippen LogP contribution in [0.4, 0.5) is 5.00 Å². The summed E-state index contributed by atoms with van der Waals surface area (Å²) in [5.41, 5.74) is 0.127. The third kappa shape index (κ3) is 3.49. The van der Waals surface area contributed by atoms with E-state index in [0.29, 0.717) is 16.4 Å². The third-order valence-corrected chi connectivity index (χ3v) is 4.66. The summed E-state index contributed by atoms with van der Waals surface area (Å²) < 4.78 is 0. The minimum atomic E-state index is -0.341. The number of anilines is 1. The van der Waals surface area contributed by atoms with Crippen molar-refractivity contribution in [3.05, 3.63) is 33.3 Å². The van der Waals surface area contributed by atoms with Gasteiger partial charge in [-0.3, -0.25) is 14.7 Å². The lowest BCUT2D eigenvalue weighted by molar-refractivity contribution is -0.118. The van der Waals surface area contributed by atoms with Gasteiger partial charge >= 0.3 is 5.69 Å². The van der Waals surface area contributed by atoms with Gasteiger partial charge in [-0.05, 0) is 30.8 Å². The number of H-pyrrole nitrogens is 2. The van der Waals surface area contributed by atoms with E-state index < -0.39 is 0 Å². The topological polar surface area (TPSA) is 118 Å². The lowest BCUT2D eigenvalue weighted by Crippen LogP contribution is -2.39. The first-order chi connectivity index (χ1) is 11.2. The molecular formula is C14H16N6O2S. The first-order valence-corrected chi connectivity index (χ1v) is 8.21. The summed E-state index contributed by atoms with van der Waals surface area (Å²) in [6.07, 6.45) is 2.87. The molecule has 3 heterocycles. The van der Waals surface area contributed by atoms with Gasteiger partial charge in [-0.15, -0.1) is 11.3 Å². The number of amides is 1. The smallest absolute Gasteiger partial charge is 0.315 e. The number of rotatable bonds is 4. The van der Waals surface area contributed by atoms with E-state index in [1.54, 1.807) is 11.4 Å². The summed E-state index contributed by atoms with van der Waals surface area (Å²) in [5, 5.41) is 20.5. The zero-order chi connectivity index (χ0) is 16.2. The second-order valence-electron chi connectivity index (χ2n) is 5.37. The molecule has 1 fully saturated rings. The SMILES string of the molecule is N#Cc1ccsc1NC(=O)CN1CCCCC1c1n[nH]c(=O)[nH]1. The fraction of sp³-hybridized carbons (Fsp3) is 0.429. The number of piperidine rings is 1. The van der Waals surface area contributed by atoms with Crippen molar-refractivity contribution in [3.8, 4) is 6.07 Å². The van der Waals surface area contributed by atoms with Gasteiger partial charge < -0.3 is 5.32 Å². The summed E-state index contributed by atoms with van der Waals surface area (Å²) >= 11 is 1.33. The van der Waals surface area contributed by atoms with Gasteiger partial charge in [-0.25, -0.2) is 9.89 Å². The summed E-state index contributed by atoms with van der Waals surface area (Å²) in [4.78, 5) is 28.2. The van der Waals surface area contributed by atoms with Crippen LogP contribution >= 0.6 is 11.3 Å². The lowest BCUT2D eigenvalue weighted by atomic mass is 10.0. The maximum atomic E-state index is 12.3. The molecule has 1 aliphatic rings. The second-order valence-corrected chi connectivity index (χ2v) is 6.28. The van der Waals surface area contributed by atoms with Gasteiger partial charge in [0.1, 0.15) is 16.9 Å². The normalized spacial score (nSPS) is 18.5. The van der Waals surface area contributed by atoms with Gasteiger partial charge in [-0.2, -0.15) is 10.4 Å². The molecule has 3 N–H and O–H groups in total. The van der Waals surface area contributed by atoms with Crippen molar-refractivity contribution in [2.24, 2.45) is 0 Å². The molecule has 0 bridgehead atoms. The van der Waals surface area contributed by atoms with Gasteiger partial charge in [0.2, 0.25) is 5.91 Å². The average molecular weight is 332 g/mol. The Kier molecular flexibility index (Phi) is 4.55. The first-order valence-electron chi connectivity index (χ1n) is 7.33. The number of nitrogens with one attached hydrogen (secondary N) is 3. The maximum Gasteiger partial charge on any atom is 0.340 e. The van der Waals surface area contributed by atoms with Gasteiger partial charge in [0.25, 0.3) is 0 Å². The largest absolute Gasteiger partial charge is 0.340 e. The highest BCUT2D eigenvalue weighted by atomic mass is 32.1. The number of hydrogen-bond donors (Lipinski definition) is 3. The van der Waals surface area contributed by atoms with Crippen LogP contribution in [0.25, 0.3) is 0 Å². The van der Waals surface area contributed by atoms with Crippen molar-refractivity contribution >= 4 is 22.2 Å². The number of carbonyl (C=O) groups is 1. The number of hydrogen-bond acceptors (Lipinski definition) is 6. The van der Waals surface area contributed by atoms with Crippen molar-refractivity contribution < 1.29 is 4.79 Å². The molecule has 1 saturated heterocycles. The minimum absolute atomic E-state index is 0.0766. The Balaban J connectivity index is 1.68. The van der Waals surface area contributed by atoms with Crippen LogP contribution < -0.4 is 11.0 Å². The molecule has 1 atom stereocenters. The van der Waals surface area contributed by atoms with E-state index in [1.165, 1.54) is 11.3 Å². The lowest BCUT2D eigenvalue weighted by Gasteiger charge is -2.33. The molecule has 0 radical (unpaired) electrons. The zero-order valence-electron chi connectivity index (χ0n) is 12.3. The average Bonchev–Trinajstić information content (AvgIpc) is 3.16. The quantitative estimate of drug-likeness (QED) is 0.777. The minimum Gasteiger partial charge on any atom is -0.315 e. The predicted octanol–water partition coefficient (Wildman–Crippen LogP) is 1.20. The molecule has 1 amide bonds. The van der Waals surface area contributed by atoms with Crippen molar-refractivity contribution in [1.82, 2.24) is 20.1 Å². The molecule has 3 rings (SSSR count). The summed E-state index contributed by atoms with van der Waals surface area (Å²) in [6, 6.07) is 3.65. The van der Waals surface area contributed by atoms with Crippen LogP contribution in [0.1, 0.15) is 36.7 Å². The van der Waals surface area contributed by atoms with Crippen LogP contribution in [0.5, 0.6) is 0 Å². The van der Waals surface area contributed by atoms with Crippen LogP contribution in [0.2, 0.25) is 0 Å². The highest BCUT2D eigenvalue weighted by Gasteiger charge is 2.28. The van der Waals surface area contributed by atoms with Crippen LogP contribution in [0.3, 0.4) is 0 Å². The van der Waals surface area contributed by atoms with E-state index in [-0.39, 0.29) is 24.2 Å². The van der Waals surface area contributed by atoms with Crippen molar-refractivity contribution in [2.75, 3.05) is 18.4 Å². The molecule has 0 aromatic carbocycles. The number of aromatic nitrogens is 3. The van der Waals surface area contributed by atoms with Crippen molar-refractivity contribution in [2.45, 2.75) is 25.3 Å². The molecule has 2 aromatic rings. The summed E-state index contributed by atoms with van der Waals surface area (Å²) in [6.45, 7) is 0.963. The van der Waals surface area contributed by atoms with Crippen LogP contribution in [-0.4, -0.2) is 39.1 Å². The molecule has 120 valence electrons. The standard InChI is InChI=1S/C14H16N6O2S/c15-7-9-4-6-23-13(9)16-11(21)8-20-5-2-1-3-10(20)12-17-14(22)19-18-12/h4,6,10H,1-3,5,8H2,(H,16,21)(H2,17,18,19,22). The highest BCUT2D eigenvalue weighted by molar-refractivity contribution is 7.14. The molecule has 0 saturated carbocycles. The van der Waals surface area contributed by atoms with E-state index in [0.717, 1.165) is 25.8 Å². The summed E-state index contributed by atoms with van der Waals surface area (Å²) in [7, 11) is 0. The monoisotopic (exact) mass is 332 g/mol. The molecule has 23 heavy (non-hydrogen) atoms. The van der Waals surface area contributed by atoms with Crippen molar-refractivity contribution in [3.63, 3.8) is 0 Å². The molecular weight excluding hydrogens is 316 g/mol. The number of thiophene rings is 1. The Labute approximate surface area is 136 Å². The fourth-order valence-electron chi connectivity index (χ4n) is 2.78. The molecule has 8 nitrogen and oxygen atoms in total. The van der Waals surface area contributed by atoms with Gasteiger partial charge in [0.15, 0.2) is 0 Å². The molecule has 2 aromatic heterocycles. The van der Waals surface area contributed by atoms with Crippen LogP contribution in [0.15, 0.2) is 16.2 Å². The molecule has 9 heteroatoms. The van der Waals surface area contributed by atoms with Gasteiger partial charge in [-0.1, -0.05) is 6.42 Å². The molecule has 0 spiro atoms. The van der Waals surface area contributed by atoms with E-state index in [9.17, 15) is 9.59 Å². The highest BCUT2D eigenvalue weighted by Crippen LogP contribution is 2.28. The first kappa shape index (κ1) is 15.5. The van der Waals surface area contributed by atoms with E-state index in [4.69, 9.17) is 5.26 Å². The van der Waals surface area contributed by atoms with Crippen LogP contribution in [-0.2, 0) is 4.79 Å². The van der Waals surface area contributed by atoms with Crippen LogP contribution in [0, 0.1) is 11.3 Å². The van der Waals surface area contributed by atoms with Crippen molar-refractivity contribution in [1.29, 1.82) is 5.26 Å². The Bertz CT molecular complexity index is 786. The number of aromatic amines is 2. The number of likely N-dealkylation sites (tertiary alicyclic amines) is 1. The Morgan fingerprint density at radius 1 is 1.57 bits per heavy atom. The van der Waals surface area contributed by atoms with Gasteiger partial charge in [0.05, 0.1) is 18.2 Å². The Morgan fingerprint density at radius 3 is 3.17 bits per heavy atom. The predicted molar refractivity (Wildman–Crippen MR) is 85.0 cm³/mol. The third-order valence-electron chi connectivity index (χ3n) is 3.83. The molecule has 1 aliphatic heterocycles. The number of nitriles is 1. The number of carbonyl (C=O) groups excluding carboxylic acids is 1. The van der Waals surface area contributed by atoms with E-state index >= 15 is 0 Å². The Morgan fingerprint density at radius 2 is 2.43 bits per heavy atom. The molecule has 1 unspecified atom stereocenters. The maximum absolute atomic E-state index is 12.3.